The number of hydrogen-bond acceptors (Lipinski definition) is 5. The first kappa shape index (κ1) is 24.6. The van der Waals surface area contributed by atoms with Crippen LogP contribution >= 0.6 is 0 Å². The van der Waals surface area contributed by atoms with E-state index in [1.54, 1.807) is 18.5 Å². The Morgan fingerprint density at radius 3 is 2.33 bits per heavy atom. The Hall–Kier alpha value is -4.72. The van der Waals surface area contributed by atoms with Crippen molar-refractivity contribution >= 4 is 22.8 Å². The first-order valence-electron chi connectivity index (χ1n) is 13.0. The smallest absolute Gasteiger partial charge is 0.260 e. The van der Waals surface area contributed by atoms with E-state index >= 15 is 0 Å². The van der Waals surface area contributed by atoms with Crippen LogP contribution in [0.5, 0.6) is 5.75 Å². The van der Waals surface area contributed by atoms with E-state index in [4.69, 9.17) is 9.72 Å². The number of anilines is 1. The monoisotopic (exact) mass is 521 g/mol. The van der Waals surface area contributed by atoms with Gasteiger partial charge >= 0.3 is 0 Å². The van der Waals surface area contributed by atoms with Crippen LogP contribution in [0.15, 0.2) is 91.4 Å². The minimum atomic E-state index is -0.287. The standard InChI is InChI=1S/C31H28FN5O2/c1-22-7-13-26(14-8-22)39-20-28(38)35-15-17-36(18-16-35)30-29-27(23-5-3-2-4-6-23)19-37(31(29)34-21-33-30)25-11-9-24(32)10-12-25/h2-14,19,21H,15-18,20H2,1H3. The van der Waals surface area contributed by atoms with Crippen LogP contribution in [0.2, 0.25) is 0 Å². The summed E-state index contributed by atoms with van der Waals surface area (Å²) in [6, 6.07) is 24.2. The summed E-state index contributed by atoms with van der Waals surface area (Å²) >= 11 is 0. The Balaban J connectivity index is 1.26. The normalized spacial score (nSPS) is 13.6. The second-order valence-corrected chi connectivity index (χ2v) is 9.62. The first-order valence-corrected chi connectivity index (χ1v) is 13.0. The fraction of sp³-hybridized carbons (Fsp3) is 0.194. The molecule has 1 amide bonds. The van der Waals surface area contributed by atoms with Crippen LogP contribution in [0, 0.1) is 12.7 Å². The second kappa shape index (κ2) is 10.6. The van der Waals surface area contributed by atoms with Crippen molar-refractivity contribution in [2.75, 3.05) is 37.7 Å². The summed E-state index contributed by atoms with van der Waals surface area (Å²) in [7, 11) is 0. The molecule has 8 heteroatoms. The number of piperazine rings is 1. The number of aromatic nitrogens is 3. The molecule has 1 fully saturated rings. The topological polar surface area (TPSA) is 63.5 Å². The Morgan fingerprint density at radius 2 is 1.62 bits per heavy atom. The lowest BCUT2D eigenvalue weighted by molar-refractivity contribution is -0.133. The SMILES string of the molecule is Cc1ccc(OCC(=O)N2CCN(c3ncnc4c3c(-c3ccccc3)cn4-c3ccc(F)cc3)CC2)cc1. The molecule has 3 aromatic carbocycles. The van der Waals surface area contributed by atoms with Crippen molar-refractivity contribution in [1.29, 1.82) is 0 Å². The van der Waals surface area contributed by atoms with Crippen molar-refractivity contribution in [2.45, 2.75) is 6.92 Å². The summed E-state index contributed by atoms with van der Waals surface area (Å²) < 4.78 is 21.3. The highest BCUT2D eigenvalue weighted by atomic mass is 19.1. The maximum absolute atomic E-state index is 13.7. The summed E-state index contributed by atoms with van der Waals surface area (Å²) in [5.41, 5.74) is 4.75. The van der Waals surface area contributed by atoms with Gasteiger partial charge in [0.2, 0.25) is 0 Å². The maximum Gasteiger partial charge on any atom is 0.260 e. The van der Waals surface area contributed by atoms with Gasteiger partial charge in [-0.2, -0.15) is 0 Å². The molecule has 0 atom stereocenters. The summed E-state index contributed by atoms with van der Waals surface area (Å²) in [5, 5.41) is 0.926. The van der Waals surface area contributed by atoms with Crippen LogP contribution in [-0.4, -0.2) is 58.1 Å². The largest absolute Gasteiger partial charge is 0.484 e. The van der Waals surface area contributed by atoms with Crippen LogP contribution in [0.25, 0.3) is 27.8 Å². The molecule has 2 aromatic heterocycles. The zero-order chi connectivity index (χ0) is 26.8. The lowest BCUT2D eigenvalue weighted by Gasteiger charge is -2.35. The van der Waals surface area contributed by atoms with Gasteiger partial charge in [0.15, 0.2) is 12.3 Å². The van der Waals surface area contributed by atoms with Gasteiger partial charge in [-0.3, -0.25) is 4.79 Å². The molecule has 196 valence electrons. The lowest BCUT2D eigenvalue weighted by atomic mass is 10.1. The molecule has 0 saturated carbocycles. The Kier molecular flexibility index (Phi) is 6.67. The van der Waals surface area contributed by atoms with Gasteiger partial charge in [-0.15, -0.1) is 0 Å². The van der Waals surface area contributed by atoms with E-state index in [1.807, 2.05) is 65.1 Å². The molecule has 6 rings (SSSR count). The van der Waals surface area contributed by atoms with E-state index in [0.717, 1.165) is 39.2 Å². The van der Waals surface area contributed by atoms with Gasteiger partial charge in [0, 0.05) is 43.6 Å². The summed E-state index contributed by atoms with van der Waals surface area (Å²) in [4.78, 5) is 26.2. The minimum absolute atomic E-state index is 0.0134. The summed E-state index contributed by atoms with van der Waals surface area (Å²) in [6.45, 7) is 4.44. The molecule has 0 radical (unpaired) electrons. The van der Waals surface area contributed by atoms with Crippen molar-refractivity contribution in [2.24, 2.45) is 0 Å². The number of nitrogens with zero attached hydrogens (tertiary/aromatic N) is 5. The quantitative estimate of drug-likeness (QED) is 0.305. The van der Waals surface area contributed by atoms with Gasteiger partial charge < -0.3 is 19.1 Å². The van der Waals surface area contributed by atoms with E-state index in [1.165, 1.54) is 12.1 Å². The van der Waals surface area contributed by atoms with E-state index in [2.05, 4.69) is 22.0 Å². The first-order chi connectivity index (χ1) is 19.1. The highest BCUT2D eigenvalue weighted by Gasteiger charge is 2.26. The van der Waals surface area contributed by atoms with E-state index < -0.39 is 0 Å². The fourth-order valence-electron chi connectivity index (χ4n) is 4.96. The molecule has 7 nitrogen and oxygen atoms in total. The number of ether oxygens (including phenoxy) is 1. The number of aryl methyl sites for hydroxylation is 1. The molecule has 0 N–H and O–H groups in total. The molecule has 0 bridgehead atoms. The third kappa shape index (κ3) is 5.05. The van der Waals surface area contributed by atoms with Gasteiger partial charge in [-0.05, 0) is 48.9 Å². The highest BCUT2D eigenvalue weighted by Crippen LogP contribution is 2.37. The molecule has 0 unspecified atom stereocenters. The number of benzene rings is 3. The molecular weight excluding hydrogens is 493 g/mol. The number of amides is 1. The van der Waals surface area contributed by atoms with E-state index in [0.29, 0.717) is 31.9 Å². The number of halogens is 1. The molecule has 1 aliphatic heterocycles. The van der Waals surface area contributed by atoms with Crippen LogP contribution in [0.3, 0.4) is 0 Å². The zero-order valence-electron chi connectivity index (χ0n) is 21.6. The molecule has 0 aliphatic carbocycles. The number of rotatable bonds is 6. The fourth-order valence-corrected chi connectivity index (χ4v) is 4.96. The second-order valence-electron chi connectivity index (χ2n) is 9.62. The number of carbonyl (C=O) groups excluding carboxylic acids is 1. The third-order valence-corrected chi connectivity index (χ3v) is 7.07. The van der Waals surface area contributed by atoms with Crippen molar-refractivity contribution in [3.63, 3.8) is 0 Å². The van der Waals surface area contributed by atoms with Crippen LogP contribution < -0.4 is 9.64 Å². The van der Waals surface area contributed by atoms with Gasteiger partial charge in [0.25, 0.3) is 5.91 Å². The van der Waals surface area contributed by atoms with Crippen molar-refractivity contribution in [3.8, 4) is 22.6 Å². The zero-order valence-corrected chi connectivity index (χ0v) is 21.6. The minimum Gasteiger partial charge on any atom is -0.484 e. The Bertz CT molecular complexity index is 1590. The van der Waals surface area contributed by atoms with Crippen LogP contribution in [0.4, 0.5) is 10.2 Å². The van der Waals surface area contributed by atoms with E-state index in [9.17, 15) is 9.18 Å². The van der Waals surface area contributed by atoms with Gasteiger partial charge in [-0.1, -0.05) is 48.0 Å². The third-order valence-electron chi connectivity index (χ3n) is 7.07. The van der Waals surface area contributed by atoms with Crippen molar-refractivity contribution < 1.29 is 13.9 Å². The van der Waals surface area contributed by atoms with Crippen LogP contribution in [-0.2, 0) is 4.79 Å². The summed E-state index contributed by atoms with van der Waals surface area (Å²) in [6.07, 6.45) is 3.60. The van der Waals surface area contributed by atoms with Gasteiger partial charge in [0.05, 0.1) is 5.39 Å². The molecule has 0 spiro atoms. The predicted molar refractivity (Wildman–Crippen MR) is 150 cm³/mol. The van der Waals surface area contributed by atoms with Crippen LogP contribution in [0.1, 0.15) is 5.56 Å². The molecule has 1 saturated heterocycles. The average Bonchev–Trinajstić information content (AvgIpc) is 3.38. The molecule has 5 aromatic rings. The number of carbonyl (C=O) groups is 1. The Morgan fingerprint density at radius 1 is 0.897 bits per heavy atom. The lowest BCUT2D eigenvalue weighted by Crippen LogP contribution is -2.50. The predicted octanol–water partition coefficient (Wildman–Crippen LogP) is 5.26. The maximum atomic E-state index is 13.7. The molecule has 39 heavy (non-hydrogen) atoms. The van der Waals surface area contributed by atoms with Gasteiger partial charge in [0.1, 0.15) is 23.7 Å². The van der Waals surface area contributed by atoms with E-state index in [-0.39, 0.29) is 18.3 Å². The molecular formula is C31H28FN5O2. The van der Waals surface area contributed by atoms with Crippen molar-refractivity contribution in [3.05, 3.63) is 103 Å². The Labute approximate surface area is 226 Å². The number of hydrogen-bond donors (Lipinski definition) is 0. The molecule has 1 aliphatic rings. The summed E-state index contributed by atoms with van der Waals surface area (Å²) in [5.74, 6) is 1.19. The highest BCUT2D eigenvalue weighted by molar-refractivity contribution is 6.02. The molecule has 3 heterocycles. The average molecular weight is 522 g/mol. The van der Waals surface area contributed by atoms with Gasteiger partial charge in [-0.25, -0.2) is 14.4 Å². The number of fused-ring (bicyclic) bond motifs is 1. The van der Waals surface area contributed by atoms with Crippen molar-refractivity contribution in [1.82, 2.24) is 19.4 Å².